The zero-order valence-electron chi connectivity index (χ0n) is 7.92. The van der Waals surface area contributed by atoms with Gasteiger partial charge in [0.05, 0.1) is 0 Å². The largest absolute Gasteiger partial charge is 0.329 e. The van der Waals surface area contributed by atoms with Gasteiger partial charge in [-0.15, -0.1) is 0 Å². The van der Waals surface area contributed by atoms with Crippen LogP contribution in [0.4, 0.5) is 0 Å². The number of imidazole rings is 1. The number of hydrogen-bond acceptors (Lipinski definition) is 3. The molecule has 4 heteroatoms. The van der Waals surface area contributed by atoms with Gasteiger partial charge < -0.3 is 4.57 Å². The summed E-state index contributed by atoms with van der Waals surface area (Å²) in [5.74, 6) is 0.915. The number of pyridine rings is 1. The molecule has 2 aromatic heterocycles. The second-order valence-corrected chi connectivity index (χ2v) is 3.91. The van der Waals surface area contributed by atoms with Gasteiger partial charge in [-0.05, 0) is 11.6 Å². The maximum atomic E-state index is 4.24. The lowest BCUT2D eigenvalue weighted by Crippen LogP contribution is -1.89. The van der Waals surface area contributed by atoms with E-state index in [0.717, 1.165) is 10.9 Å². The third kappa shape index (κ3) is 2.14. The molecule has 0 aromatic carbocycles. The fraction of sp³-hybridized carbons (Fsp3) is 0.200. The van der Waals surface area contributed by atoms with E-state index >= 15 is 0 Å². The summed E-state index contributed by atoms with van der Waals surface area (Å²) in [4.78, 5) is 8.30. The lowest BCUT2D eigenvalue weighted by Gasteiger charge is -2.00. The second kappa shape index (κ2) is 4.28. The molecule has 0 unspecified atom stereocenters. The van der Waals surface area contributed by atoms with E-state index in [1.54, 1.807) is 18.0 Å². The van der Waals surface area contributed by atoms with Crippen molar-refractivity contribution >= 4 is 11.8 Å². The highest BCUT2D eigenvalue weighted by Gasteiger charge is 2.00. The SMILES string of the molecule is Cn1ccnc1SCc1cccnc1. The minimum atomic E-state index is 0.915. The Balaban J connectivity index is 1.99. The van der Waals surface area contributed by atoms with Crippen LogP contribution in [0.15, 0.2) is 42.1 Å². The lowest BCUT2D eigenvalue weighted by atomic mass is 10.3. The van der Waals surface area contributed by atoms with Crippen LogP contribution in [-0.2, 0) is 12.8 Å². The highest BCUT2D eigenvalue weighted by Crippen LogP contribution is 2.19. The molecule has 0 saturated heterocycles. The number of hydrogen-bond donors (Lipinski definition) is 0. The van der Waals surface area contributed by atoms with Gasteiger partial charge in [0.15, 0.2) is 5.16 Å². The third-order valence-corrected chi connectivity index (χ3v) is 3.00. The fourth-order valence-electron chi connectivity index (χ4n) is 1.12. The molecular weight excluding hydrogens is 194 g/mol. The smallest absolute Gasteiger partial charge is 0.167 e. The first-order chi connectivity index (χ1) is 6.86. The predicted octanol–water partition coefficient (Wildman–Crippen LogP) is 2.11. The standard InChI is InChI=1S/C10H11N3S/c1-13-6-5-12-10(13)14-8-9-3-2-4-11-7-9/h2-7H,8H2,1H3. The second-order valence-electron chi connectivity index (χ2n) is 2.97. The van der Waals surface area contributed by atoms with Gasteiger partial charge in [0.1, 0.15) is 0 Å². The van der Waals surface area contributed by atoms with E-state index in [2.05, 4.69) is 16.0 Å². The number of thioether (sulfide) groups is 1. The number of nitrogens with zero attached hydrogens (tertiary/aromatic N) is 3. The van der Waals surface area contributed by atoms with E-state index in [4.69, 9.17) is 0 Å². The maximum absolute atomic E-state index is 4.24. The molecule has 0 N–H and O–H groups in total. The molecule has 0 saturated carbocycles. The van der Waals surface area contributed by atoms with Gasteiger partial charge in [0, 0.05) is 37.6 Å². The van der Waals surface area contributed by atoms with Gasteiger partial charge >= 0.3 is 0 Å². The van der Waals surface area contributed by atoms with E-state index in [9.17, 15) is 0 Å². The summed E-state index contributed by atoms with van der Waals surface area (Å²) in [6.45, 7) is 0. The first-order valence-corrected chi connectivity index (χ1v) is 5.34. The van der Waals surface area contributed by atoms with Crippen LogP contribution in [0, 0.1) is 0 Å². The highest BCUT2D eigenvalue weighted by atomic mass is 32.2. The Bertz CT molecular complexity index is 397. The van der Waals surface area contributed by atoms with Crippen LogP contribution in [0.25, 0.3) is 0 Å². The van der Waals surface area contributed by atoms with Crippen LogP contribution in [0.3, 0.4) is 0 Å². The first-order valence-electron chi connectivity index (χ1n) is 4.35. The maximum Gasteiger partial charge on any atom is 0.167 e. The predicted molar refractivity (Wildman–Crippen MR) is 57.0 cm³/mol. The number of aromatic nitrogens is 3. The third-order valence-electron chi connectivity index (χ3n) is 1.87. The quantitative estimate of drug-likeness (QED) is 0.719. The first kappa shape index (κ1) is 9.27. The van der Waals surface area contributed by atoms with Gasteiger partial charge in [-0.3, -0.25) is 4.98 Å². The average molecular weight is 205 g/mol. The minimum Gasteiger partial charge on any atom is -0.329 e. The molecule has 0 aliphatic carbocycles. The van der Waals surface area contributed by atoms with Gasteiger partial charge in [-0.2, -0.15) is 0 Å². The van der Waals surface area contributed by atoms with Gasteiger partial charge in [0.25, 0.3) is 0 Å². The molecule has 0 aliphatic rings. The molecule has 2 aromatic rings. The van der Waals surface area contributed by atoms with Crippen LogP contribution < -0.4 is 0 Å². The summed E-state index contributed by atoms with van der Waals surface area (Å²) in [6.07, 6.45) is 7.43. The molecule has 0 spiro atoms. The summed E-state index contributed by atoms with van der Waals surface area (Å²) in [5, 5.41) is 1.04. The van der Waals surface area contributed by atoms with Gasteiger partial charge in [-0.25, -0.2) is 4.98 Å². The van der Waals surface area contributed by atoms with E-state index in [1.165, 1.54) is 5.56 Å². The van der Waals surface area contributed by atoms with Crippen molar-refractivity contribution in [2.45, 2.75) is 10.9 Å². The highest BCUT2D eigenvalue weighted by molar-refractivity contribution is 7.98. The number of aryl methyl sites for hydroxylation is 1. The molecule has 0 bridgehead atoms. The molecule has 14 heavy (non-hydrogen) atoms. The van der Waals surface area contributed by atoms with Gasteiger partial charge in [0.2, 0.25) is 0 Å². The molecular formula is C10H11N3S. The Labute approximate surface area is 87.2 Å². The molecule has 72 valence electrons. The van der Waals surface area contributed by atoms with E-state index in [0.29, 0.717) is 0 Å². The molecule has 0 atom stereocenters. The Morgan fingerprint density at radius 1 is 1.43 bits per heavy atom. The van der Waals surface area contributed by atoms with Crippen LogP contribution >= 0.6 is 11.8 Å². The van der Waals surface area contributed by atoms with Crippen LogP contribution in [-0.4, -0.2) is 14.5 Å². The van der Waals surface area contributed by atoms with Crippen molar-refractivity contribution in [1.29, 1.82) is 0 Å². The van der Waals surface area contributed by atoms with Crippen molar-refractivity contribution in [3.8, 4) is 0 Å². The van der Waals surface area contributed by atoms with Crippen molar-refractivity contribution in [2.75, 3.05) is 0 Å². The van der Waals surface area contributed by atoms with Crippen molar-refractivity contribution in [3.05, 3.63) is 42.5 Å². The Morgan fingerprint density at radius 3 is 3.00 bits per heavy atom. The lowest BCUT2D eigenvalue weighted by molar-refractivity contribution is 0.790. The van der Waals surface area contributed by atoms with E-state index in [-0.39, 0.29) is 0 Å². The Morgan fingerprint density at radius 2 is 2.36 bits per heavy atom. The number of rotatable bonds is 3. The summed E-state index contributed by atoms with van der Waals surface area (Å²) in [7, 11) is 2.00. The Kier molecular flexibility index (Phi) is 2.84. The summed E-state index contributed by atoms with van der Waals surface area (Å²) in [5.41, 5.74) is 1.22. The minimum absolute atomic E-state index is 0.915. The van der Waals surface area contributed by atoms with Crippen LogP contribution in [0.5, 0.6) is 0 Å². The van der Waals surface area contributed by atoms with Crippen molar-refractivity contribution in [1.82, 2.24) is 14.5 Å². The molecule has 2 rings (SSSR count). The average Bonchev–Trinajstić information content (AvgIpc) is 2.63. The van der Waals surface area contributed by atoms with Crippen LogP contribution in [0.2, 0.25) is 0 Å². The summed E-state index contributed by atoms with van der Waals surface area (Å²) in [6, 6.07) is 4.03. The molecule has 0 fully saturated rings. The van der Waals surface area contributed by atoms with Crippen molar-refractivity contribution in [3.63, 3.8) is 0 Å². The summed E-state index contributed by atoms with van der Waals surface area (Å²) < 4.78 is 2.01. The zero-order chi connectivity index (χ0) is 9.80. The van der Waals surface area contributed by atoms with Crippen molar-refractivity contribution in [2.24, 2.45) is 7.05 Å². The zero-order valence-corrected chi connectivity index (χ0v) is 8.74. The molecule has 3 nitrogen and oxygen atoms in total. The summed E-state index contributed by atoms with van der Waals surface area (Å²) >= 11 is 1.72. The molecule has 0 aliphatic heterocycles. The fourth-order valence-corrected chi connectivity index (χ4v) is 1.99. The van der Waals surface area contributed by atoms with Crippen molar-refractivity contribution < 1.29 is 0 Å². The van der Waals surface area contributed by atoms with E-state index < -0.39 is 0 Å². The molecule has 2 heterocycles. The monoisotopic (exact) mass is 205 g/mol. The van der Waals surface area contributed by atoms with Gasteiger partial charge in [-0.1, -0.05) is 17.8 Å². The molecule has 0 amide bonds. The topological polar surface area (TPSA) is 30.7 Å². The molecule has 0 radical (unpaired) electrons. The van der Waals surface area contributed by atoms with Crippen LogP contribution in [0.1, 0.15) is 5.56 Å². The van der Waals surface area contributed by atoms with E-state index in [1.807, 2.05) is 36.3 Å². The Hall–Kier alpha value is -1.29. The normalized spacial score (nSPS) is 10.4.